The summed E-state index contributed by atoms with van der Waals surface area (Å²) in [5.41, 5.74) is 7.38. The van der Waals surface area contributed by atoms with Gasteiger partial charge in [-0.3, -0.25) is 0 Å². The summed E-state index contributed by atoms with van der Waals surface area (Å²) >= 11 is 1.51. The summed E-state index contributed by atoms with van der Waals surface area (Å²) in [4.78, 5) is 4.36. The van der Waals surface area contributed by atoms with Crippen molar-refractivity contribution in [3.63, 3.8) is 0 Å². The minimum Gasteiger partial charge on any atom is -0.468 e. The van der Waals surface area contributed by atoms with Gasteiger partial charge in [0.1, 0.15) is 6.61 Å². The van der Waals surface area contributed by atoms with Crippen molar-refractivity contribution in [1.29, 1.82) is 0 Å². The van der Waals surface area contributed by atoms with Gasteiger partial charge in [0.25, 0.3) is 5.19 Å². The SMILES string of the molecule is CCCOCCOc1nc2ccc(N)cc2s1. The van der Waals surface area contributed by atoms with E-state index in [1.807, 2.05) is 18.2 Å². The summed E-state index contributed by atoms with van der Waals surface area (Å²) in [7, 11) is 0. The van der Waals surface area contributed by atoms with Gasteiger partial charge in [0.05, 0.1) is 16.8 Å². The number of aromatic nitrogens is 1. The average Bonchev–Trinajstić information content (AvgIpc) is 2.70. The van der Waals surface area contributed by atoms with Crippen LogP contribution in [0, 0.1) is 0 Å². The third-order valence-corrected chi connectivity index (χ3v) is 3.13. The maximum atomic E-state index is 5.71. The fourth-order valence-electron chi connectivity index (χ4n) is 1.42. The molecule has 0 saturated heterocycles. The van der Waals surface area contributed by atoms with Crippen molar-refractivity contribution in [2.45, 2.75) is 13.3 Å². The van der Waals surface area contributed by atoms with E-state index in [1.54, 1.807) is 0 Å². The fourth-order valence-corrected chi connectivity index (χ4v) is 2.30. The van der Waals surface area contributed by atoms with E-state index in [0.29, 0.717) is 18.4 Å². The first kappa shape index (κ1) is 12.1. The van der Waals surface area contributed by atoms with E-state index in [2.05, 4.69) is 11.9 Å². The van der Waals surface area contributed by atoms with Crippen LogP contribution in [0.2, 0.25) is 0 Å². The predicted molar refractivity (Wildman–Crippen MR) is 70.6 cm³/mol. The Hall–Kier alpha value is -1.33. The van der Waals surface area contributed by atoms with Gasteiger partial charge in [-0.2, -0.15) is 0 Å². The lowest BCUT2D eigenvalue weighted by Crippen LogP contribution is -2.06. The number of nitrogens with two attached hydrogens (primary N) is 1. The highest BCUT2D eigenvalue weighted by Crippen LogP contribution is 2.28. The zero-order valence-electron chi connectivity index (χ0n) is 9.81. The highest BCUT2D eigenvalue weighted by atomic mass is 32.1. The van der Waals surface area contributed by atoms with Gasteiger partial charge in [0.15, 0.2) is 0 Å². The average molecular weight is 252 g/mol. The number of rotatable bonds is 6. The van der Waals surface area contributed by atoms with Crippen LogP contribution >= 0.6 is 11.3 Å². The van der Waals surface area contributed by atoms with E-state index < -0.39 is 0 Å². The van der Waals surface area contributed by atoms with Crippen LogP contribution in [0.4, 0.5) is 5.69 Å². The molecule has 1 heterocycles. The number of thiazole rings is 1. The monoisotopic (exact) mass is 252 g/mol. The normalized spacial score (nSPS) is 10.9. The molecule has 1 aromatic heterocycles. The molecular weight excluding hydrogens is 236 g/mol. The molecule has 0 radical (unpaired) electrons. The molecule has 0 fully saturated rings. The van der Waals surface area contributed by atoms with Crippen LogP contribution in [0.15, 0.2) is 18.2 Å². The topological polar surface area (TPSA) is 57.4 Å². The molecule has 0 aliphatic heterocycles. The number of hydrogen-bond acceptors (Lipinski definition) is 5. The van der Waals surface area contributed by atoms with Gasteiger partial charge in [-0.05, 0) is 24.6 Å². The molecule has 0 unspecified atom stereocenters. The van der Waals surface area contributed by atoms with Crippen molar-refractivity contribution in [3.05, 3.63) is 18.2 Å². The molecule has 0 aliphatic carbocycles. The Kier molecular flexibility index (Phi) is 4.17. The third-order valence-electron chi connectivity index (χ3n) is 2.19. The molecule has 2 aromatic rings. The lowest BCUT2D eigenvalue weighted by molar-refractivity contribution is 0.101. The minimum absolute atomic E-state index is 0.537. The summed E-state index contributed by atoms with van der Waals surface area (Å²) in [6.45, 7) is 4.00. The zero-order chi connectivity index (χ0) is 12.1. The highest BCUT2D eigenvalue weighted by Gasteiger charge is 2.04. The first-order valence-corrected chi connectivity index (χ1v) is 6.48. The summed E-state index contributed by atoms with van der Waals surface area (Å²) in [5, 5.41) is 0.672. The highest BCUT2D eigenvalue weighted by molar-refractivity contribution is 7.20. The third kappa shape index (κ3) is 3.31. The Balaban J connectivity index is 1.91. The van der Waals surface area contributed by atoms with E-state index >= 15 is 0 Å². The molecule has 1 aromatic carbocycles. The van der Waals surface area contributed by atoms with Crippen LogP contribution in [0.25, 0.3) is 10.2 Å². The summed E-state index contributed by atoms with van der Waals surface area (Å²) in [6.07, 6.45) is 1.03. The van der Waals surface area contributed by atoms with Crippen molar-refractivity contribution >= 4 is 27.2 Å². The number of anilines is 1. The van der Waals surface area contributed by atoms with E-state index in [9.17, 15) is 0 Å². The van der Waals surface area contributed by atoms with Gasteiger partial charge < -0.3 is 15.2 Å². The largest absolute Gasteiger partial charge is 0.468 e. The molecule has 2 N–H and O–H groups in total. The van der Waals surface area contributed by atoms with Crippen LogP contribution in [0.3, 0.4) is 0 Å². The summed E-state index contributed by atoms with van der Waals surface area (Å²) in [6, 6.07) is 5.66. The number of fused-ring (bicyclic) bond motifs is 1. The second-order valence-electron chi connectivity index (χ2n) is 3.67. The van der Waals surface area contributed by atoms with E-state index in [0.717, 1.165) is 28.9 Å². The van der Waals surface area contributed by atoms with Gasteiger partial charge >= 0.3 is 0 Å². The van der Waals surface area contributed by atoms with Crippen molar-refractivity contribution in [3.8, 4) is 5.19 Å². The zero-order valence-corrected chi connectivity index (χ0v) is 10.6. The number of nitrogens with zero attached hydrogens (tertiary/aromatic N) is 1. The van der Waals surface area contributed by atoms with E-state index in [1.165, 1.54) is 11.3 Å². The Morgan fingerprint density at radius 3 is 3.00 bits per heavy atom. The maximum Gasteiger partial charge on any atom is 0.274 e. The smallest absolute Gasteiger partial charge is 0.274 e. The van der Waals surface area contributed by atoms with Crippen LogP contribution < -0.4 is 10.5 Å². The number of benzene rings is 1. The van der Waals surface area contributed by atoms with E-state index in [4.69, 9.17) is 15.2 Å². The first-order chi connectivity index (χ1) is 8.29. The predicted octanol–water partition coefficient (Wildman–Crippen LogP) is 2.68. The molecule has 0 amide bonds. The number of nitrogen functional groups attached to an aromatic ring is 1. The van der Waals surface area contributed by atoms with Crippen molar-refractivity contribution in [2.75, 3.05) is 25.6 Å². The molecule has 0 bridgehead atoms. The van der Waals surface area contributed by atoms with Gasteiger partial charge in [0.2, 0.25) is 0 Å². The standard InChI is InChI=1S/C12H16N2O2S/c1-2-5-15-6-7-16-12-14-10-4-3-9(13)8-11(10)17-12/h3-4,8H,2,5-7,13H2,1H3. The Labute approximate surface area is 104 Å². The molecule has 0 spiro atoms. The van der Waals surface area contributed by atoms with E-state index in [-0.39, 0.29) is 0 Å². The molecule has 92 valence electrons. The second-order valence-corrected chi connectivity index (χ2v) is 4.66. The Morgan fingerprint density at radius 1 is 1.29 bits per heavy atom. The minimum atomic E-state index is 0.537. The second kappa shape index (κ2) is 5.84. The van der Waals surface area contributed by atoms with Crippen molar-refractivity contribution in [1.82, 2.24) is 4.98 Å². The quantitative estimate of drug-likeness (QED) is 0.634. The molecule has 17 heavy (non-hydrogen) atoms. The van der Waals surface area contributed by atoms with Gasteiger partial charge in [0, 0.05) is 12.3 Å². The van der Waals surface area contributed by atoms with Crippen molar-refractivity contribution < 1.29 is 9.47 Å². The number of ether oxygens (including phenoxy) is 2. The lowest BCUT2D eigenvalue weighted by Gasteiger charge is -2.02. The summed E-state index contributed by atoms with van der Waals surface area (Å²) in [5.74, 6) is 0. The lowest BCUT2D eigenvalue weighted by atomic mass is 10.3. The first-order valence-electron chi connectivity index (χ1n) is 5.66. The number of hydrogen-bond donors (Lipinski definition) is 1. The Bertz CT molecular complexity index is 484. The maximum absolute atomic E-state index is 5.71. The molecule has 0 saturated carbocycles. The molecule has 5 heteroatoms. The fraction of sp³-hybridized carbons (Fsp3) is 0.417. The van der Waals surface area contributed by atoms with Crippen LogP contribution in [-0.2, 0) is 4.74 Å². The molecule has 4 nitrogen and oxygen atoms in total. The van der Waals surface area contributed by atoms with Gasteiger partial charge in [-0.25, -0.2) is 4.98 Å². The molecule has 2 rings (SSSR count). The Morgan fingerprint density at radius 2 is 2.18 bits per heavy atom. The van der Waals surface area contributed by atoms with Crippen LogP contribution in [0.1, 0.15) is 13.3 Å². The summed E-state index contributed by atoms with van der Waals surface area (Å²) < 4.78 is 11.9. The van der Waals surface area contributed by atoms with Gasteiger partial charge in [-0.15, -0.1) is 0 Å². The molecule has 0 aliphatic rings. The van der Waals surface area contributed by atoms with Crippen LogP contribution in [-0.4, -0.2) is 24.8 Å². The van der Waals surface area contributed by atoms with Gasteiger partial charge in [-0.1, -0.05) is 18.3 Å². The molecule has 0 atom stereocenters. The van der Waals surface area contributed by atoms with Crippen molar-refractivity contribution in [2.24, 2.45) is 0 Å². The molecular formula is C12H16N2O2S. The van der Waals surface area contributed by atoms with Crippen LogP contribution in [0.5, 0.6) is 5.19 Å².